The molecule has 0 N–H and O–H groups in total. The fraction of sp³-hybridized carbons (Fsp3) is 0. The van der Waals surface area contributed by atoms with Crippen molar-refractivity contribution in [3.05, 3.63) is 231 Å². The van der Waals surface area contributed by atoms with E-state index in [1.807, 2.05) is 0 Å². The minimum Gasteiger partial charge on any atom is -0.310 e. The van der Waals surface area contributed by atoms with Crippen LogP contribution in [0, 0.1) is 0 Å². The van der Waals surface area contributed by atoms with E-state index in [0.717, 1.165) is 22.7 Å². The van der Waals surface area contributed by atoms with Crippen molar-refractivity contribution in [1.82, 2.24) is 4.57 Å². The van der Waals surface area contributed by atoms with Crippen LogP contribution < -0.4 is 4.90 Å². The van der Waals surface area contributed by atoms with Gasteiger partial charge in [0.25, 0.3) is 0 Å². The Balaban J connectivity index is 1.07. The van der Waals surface area contributed by atoms with E-state index in [9.17, 15) is 0 Å². The van der Waals surface area contributed by atoms with Crippen LogP contribution in [-0.2, 0) is 0 Å². The van der Waals surface area contributed by atoms with Gasteiger partial charge in [-0.1, -0.05) is 164 Å². The zero-order chi connectivity index (χ0) is 38.4. The predicted molar refractivity (Wildman–Crippen MR) is 247 cm³/mol. The molecule has 0 spiro atoms. The van der Waals surface area contributed by atoms with Crippen molar-refractivity contribution in [3.63, 3.8) is 0 Å². The van der Waals surface area contributed by atoms with Crippen molar-refractivity contribution in [2.24, 2.45) is 0 Å². The summed E-state index contributed by atoms with van der Waals surface area (Å²) in [6, 6.07) is 83.7. The molecule has 0 fully saturated rings. The van der Waals surface area contributed by atoms with Crippen molar-refractivity contribution in [3.8, 4) is 39.1 Å². The van der Waals surface area contributed by atoms with Crippen LogP contribution in [0.25, 0.3) is 82.4 Å². The zero-order valence-electron chi connectivity index (χ0n) is 31.8. The summed E-state index contributed by atoms with van der Waals surface area (Å²) in [5.74, 6) is 0. The van der Waals surface area contributed by atoms with Gasteiger partial charge in [0.2, 0.25) is 0 Å². The summed E-state index contributed by atoms with van der Waals surface area (Å²) in [5, 5.41) is 7.48. The highest BCUT2D eigenvalue weighted by atomic mass is 15.1. The first-order chi connectivity index (χ1) is 28.8. The lowest BCUT2D eigenvalue weighted by Gasteiger charge is -2.27. The number of fused-ring (bicyclic) bond motifs is 5. The van der Waals surface area contributed by atoms with E-state index in [4.69, 9.17) is 0 Å². The van der Waals surface area contributed by atoms with Gasteiger partial charge >= 0.3 is 0 Å². The quantitative estimate of drug-likeness (QED) is 0.158. The maximum Gasteiger partial charge on any atom is 0.0547 e. The molecule has 0 radical (unpaired) electrons. The number of rotatable bonds is 7. The standard InChI is InChI=1S/C56H38N2/c1-2-20-46(21-3-1)58-54-28-9-8-25-53(54)56-52(27-13-29-55(56)58)45-19-11-23-49(38-45)57(47-34-32-41(33-35-47)51-26-12-17-40-15-6-7-24-50(40)51)48-22-10-18-43(37-48)44-31-30-39-14-4-5-16-42(39)36-44/h1-38H. The highest BCUT2D eigenvalue weighted by Gasteiger charge is 2.19. The first-order valence-corrected chi connectivity index (χ1v) is 19.9. The Bertz CT molecular complexity index is 3280. The minimum atomic E-state index is 1.09. The summed E-state index contributed by atoms with van der Waals surface area (Å²) in [6.07, 6.45) is 0. The third-order valence-electron chi connectivity index (χ3n) is 11.5. The number of hydrogen-bond acceptors (Lipinski definition) is 1. The smallest absolute Gasteiger partial charge is 0.0547 e. The molecule has 0 aliphatic heterocycles. The van der Waals surface area contributed by atoms with Crippen molar-refractivity contribution in [2.75, 3.05) is 4.90 Å². The molecule has 0 amide bonds. The van der Waals surface area contributed by atoms with E-state index in [1.54, 1.807) is 0 Å². The molecule has 1 aromatic heterocycles. The number of nitrogens with zero attached hydrogens (tertiary/aromatic N) is 2. The number of para-hydroxylation sites is 2. The number of aromatic nitrogens is 1. The van der Waals surface area contributed by atoms with Crippen LogP contribution >= 0.6 is 0 Å². The first-order valence-electron chi connectivity index (χ1n) is 19.9. The van der Waals surface area contributed by atoms with Gasteiger partial charge in [-0.2, -0.15) is 0 Å². The van der Waals surface area contributed by atoms with Gasteiger partial charge in [0.15, 0.2) is 0 Å². The average Bonchev–Trinajstić information content (AvgIpc) is 3.64. The topological polar surface area (TPSA) is 8.17 Å². The van der Waals surface area contributed by atoms with Crippen molar-refractivity contribution in [2.45, 2.75) is 0 Å². The van der Waals surface area contributed by atoms with Gasteiger partial charge in [-0.15, -0.1) is 0 Å². The molecule has 0 saturated heterocycles. The molecule has 0 atom stereocenters. The van der Waals surface area contributed by atoms with E-state index in [0.29, 0.717) is 0 Å². The number of benzene rings is 10. The zero-order valence-corrected chi connectivity index (χ0v) is 31.8. The van der Waals surface area contributed by atoms with Crippen LogP contribution in [0.2, 0.25) is 0 Å². The lowest BCUT2D eigenvalue weighted by molar-refractivity contribution is 1.18. The summed E-state index contributed by atoms with van der Waals surface area (Å²) < 4.78 is 2.39. The SMILES string of the molecule is c1ccc(-n2c3ccccc3c3c(-c4cccc(N(c5ccc(-c6cccc7ccccc67)cc5)c5cccc(-c6ccc7ccccc7c6)c5)c4)cccc32)cc1. The van der Waals surface area contributed by atoms with Gasteiger partial charge in [-0.25, -0.2) is 0 Å². The summed E-state index contributed by atoms with van der Waals surface area (Å²) in [7, 11) is 0. The Hall–Kier alpha value is -7.68. The molecule has 0 unspecified atom stereocenters. The largest absolute Gasteiger partial charge is 0.310 e. The molecule has 0 saturated carbocycles. The molecule has 11 rings (SSSR count). The minimum absolute atomic E-state index is 1.09. The Morgan fingerprint density at radius 2 is 0.862 bits per heavy atom. The summed E-state index contributed by atoms with van der Waals surface area (Å²) >= 11 is 0. The Labute approximate surface area is 338 Å². The van der Waals surface area contributed by atoms with Crippen LogP contribution in [-0.4, -0.2) is 4.57 Å². The first kappa shape index (κ1) is 33.6. The third-order valence-corrected chi connectivity index (χ3v) is 11.5. The summed E-state index contributed by atoms with van der Waals surface area (Å²) in [4.78, 5) is 2.40. The van der Waals surface area contributed by atoms with E-state index in [2.05, 4.69) is 240 Å². The fourth-order valence-electron chi connectivity index (χ4n) is 8.84. The van der Waals surface area contributed by atoms with Crippen molar-refractivity contribution >= 4 is 60.4 Å². The maximum absolute atomic E-state index is 2.40. The van der Waals surface area contributed by atoms with Gasteiger partial charge in [0.05, 0.1) is 11.0 Å². The van der Waals surface area contributed by atoms with Crippen molar-refractivity contribution in [1.29, 1.82) is 0 Å². The van der Waals surface area contributed by atoms with Gasteiger partial charge in [0, 0.05) is 33.5 Å². The Morgan fingerprint density at radius 3 is 1.69 bits per heavy atom. The van der Waals surface area contributed by atoms with Gasteiger partial charge < -0.3 is 9.47 Å². The monoisotopic (exact) mass is 738 g/mol. The van der Waals surface area contributed by atoms with E-state index < -0.39 is 0 Å². The number of anilines is 3. The molecule has 0 aliphatic rings. The van der Waals surface area contributed by atoms with E-state index in [1.165, 1.54) is 76.7 Å². The van der Waals surface area contributed by atoms with Crippen LogP contribution in [0.15, 0.2) is 231 Å². The summed E-state index contributed by atoms with van der Waals surface area (Å²) in [5.41, 5.74) is 14.0. The lowest BCUT2D eigenvalue weighted by atomic mass is 9.97. The second kappa shape index (κ2) is 14.1. The van der Waals surface area contributed by atoms with Crippen LogP contribution in [0.4, 0.5) is 17.1 Å². The Morgan fingerprint density at radius 1 is 0.293 bits per heavy atom. The number of hydrogen-bond donors (Lipinski definition) is 0. The van der Waals surface area contributed by atoms with Crippen LogP contribution in [0.3, 0.4) is 0 Å². The van der Waals surface area contributed by atoms with Gasteiger partial charge in [0.1, 0.15) is 0 Å². The molecule has 0 bridgehead atoms. The lowest BCUT2D eigenvalue weighted by Crippen LogP contribution is -2.10. The molecule has 0 aliphatic carbocycles. The van der Waals surface area contributed by atoms with Crippen LogP contribution in [0.1, 0.15) is 0 Å². The molecule has 11 aromatic rings. The second-order valence-corrected chi connectivity index (χ2v) is 15.0. The summed E-state index contributed by atoms with van der Waals surface area (Å²) in [6.45, 7) is 0. The molecule has 58 heavy (non-hydrogen) atoms. The normalized spacial score (nSPS) is 11.4. The molecule has 1 heterocycles. The highest BCUT2D eigenvalue weighted by Crippen LogP contribution is 2.43. The molecular weight excluding hydrogens is 701 g/mol. The van der Waals surface area contributed by atoms with E-state index >= 15 is 0 Å². The molecule has 2 heteroatoms. The highest BCUT2D eigenvalue weighted by molar-refractivity contribution is 6.16. The second-order valence-electron chi connectivity index (χ2n) is 15.0. The van der Waals surface area contributed by atoms with Gasteiger partial charge in [-0.3, -0.25) is 0 Å². The Kier molecular flexibility index (Phi) is 8.19. The van der Waals surface area contributed by atoms with E-state index in [-0.39, 0.29) is 0 Å². The third kappa shape index (κ3) is 5.82. The van der Waals surface area contributed by atoms with Crippen molar-refractivity contribution < 1.29 is 0 Å². The van der Waals surface area contributed by atoms with Gasteiger partial charge in [-0.05, 0) is 122 Å². The molecule has 272 valence electrons. The molecule has 10 aromatic carbocycles. The maximum atomic E-state index is 2.40. The molecular formula is C56H38N2. The predicted octanol–water partition coefficient (Wildman–Crippen LogP) is 15.6. The van der Waals surface area contributed by atoms with Crippen LogP contribution in [0.5, 0.6) is 0 Å². The average molecular weight is 739 g/mol. The fourth-order valence-corrected chi connectivity index (χ4v) is 8.84. The molecule has 2 nitrogen and oxygen atoms in total.